The van der Waals surface area contributed by atoms with Gasteiger partial charge in [0.2, 0.25) is 0 Å². The SMILES string of the molecule is O=[N+]([O-])c1ccc(N/N=C/C2=COCCO2)cc1. The summed E-state index contributed by atoms with van der Waals surface area (Å²) in [6.45, 7) is 1.03. The molecule has 94 valence electrons. The van der Waals surface area contributed by atoms with E-state index in [1.54, 1.807) is 12.1 Å². The Hall–Kier alpha value is -2.57. The van der Waals surface area contributed by atoms with Crippen LogP contribution in [0.4, 0.5) is 11.4 Å². The molecule has 0 bridgehead atoms. The van der Waals surface area contributed by atoms with Crippen LogP contribution in [0, 0.1) is 10.1 Å². The van der Waals surface area contributed by atoms with Crippen LogP contribution in [0.1, 0.15) is 0 Å². The number of nitro benzene ring substituents is 1. The maximum Gasteiger partial charge on any atom is 0.269 e. The smallest absolute Gasteiger partial charge is 0.269 e. The summed E-state index contributed by atoms with van der Waals surface area (Å²) in [4.78, 5) is 10.00. The minimum Gasteiger partial charge on any atom is -0.494 e. The Labute approximate surface area is 103 Å². The lowest BCUT2D eigenvalue weighted by Gasteiger charge is -2.11. The number of hydrogen-bond acceptors (Lipinski definition) is 6. The molecule has 1 aromatic rings. The third kappa shape index (κ3) is 3.21. The Bertz CT molecular complexity index is 482. The molecule has 1 aliphatic rings. The van der Waals surface area contributed by atoms with E-state index in [9.17, 15) is 10.1 Å². The van der Waals surface area contributed by atoms with Gasteiger partial charge in [-0.1, -0.05) is 0 Å². The van der Waals surface area contributed by atoms with Crippen LogP contribution in [0.2, 0.25) is 0 Å². The summed E-state index contributed by atoms with van der Waals surface area (Å²) < 4.78 is 10.3. The van der Waals surface area contributed by atoms with Crippen molar-refractivity contribution in [1.29, 1.82) is 0 Å². The Morgan fingerprint density at radius 1 is 1.33 bits per heavy atom. The number of ether oxygens (including phenoxy) is 2. The molecule has 1 heterocycles. The average molecular weight is 249 g/mol. The third-order valence-corrected chi connectivity index (χ3v) is 2.13. The highest BCUT2D eigenvalue weighted by Crippen LogP contribution is 2.15. The second-order valence-corrected chi connectivity index (χ2v) is 3.41. The van der Waals surface area contributed by atoms with Crippen LogP contribution in [-0.4, -0.2) is 24.4 Å². The van der Waals surface area contributed by atoms with Gasteiger partial charge in [0.25, 0.3) is 5.69 Å². The maximum atomic E-state index is 10.5. The monoisotopic (exact) mass is 249 g/mol. The van der Waals surface area contributed by atoms with Crippen LogP contribution in [0.3, 0.4) is 0 Å². The van der Waals surface area contributed by atoms with Gasteiger partial charge in [0, 0.05) is 12.1 Å². The Balaban J connectivity index is 1.91. The first-order valence-corrected chi connectivity index (χ1v) is 5.24. The van der Waals surface area contributed by atoms with Crippen LogP contribution in [0.15, 0.2) is 41.4 Å². The third-order valence-electron chi connectivity index (χ3n) is 2.13. The molecule has 7 heteroatoms. The summed E-state index contributed by atoms with van der Waals surface area (Å²) >= 11 is 0. The van der Waals surface area contributed by atoms with E-state index in [0.717, 1.165) is 0 Å². The van der Waals surface area contributed by atoms with E-state index >= 15 is 0 Å². The van der Waals surface area contributed by atoms with Gasteiger partial charge in [0.15, 0.2) is 5.76 Å². The van der Waals surface area contributed by atoms with Crippen molar-refractivity contribution in [3.05, 3.63) is 46.4 Å². The first-order valence-electron chi connectivity index (χ1n) is 5.24. The molecule has 0 fully saturated rings. The molecule has 0 saturated carbocycles. The summed E-state index contributed by atoms with van der Waals surface area (Å²) in [5.74, 6) is 0.524. The first-order chi connectivity index (χ1) is 8.75. The molecule has 1 aromatic carbocycles. The highest BCUT2D eigenvalue weighted by Gasteiger charge is 2.03. The number of anilines is 1. The Morgan fingerprint density at radius 2 is 2.11 bits per heavy atom. The van der Waals surface area contributed by atoms with Crippen LogP contribution < -0.4 is 5.43 Å². The van der Waals surface area contributed by atoms with Crippen molar-refractivity contribution in [3.8, 4) is 0 Å². The standard InChI is InChI=1S/C11H11N3O4/c15-14(16)10-3-1-9(2-4-10)13-12-7-11-8-17-5-6-18-11/h1-4,7-8,13H,5-6H2/b12-7+. The molecule has 0 amide bonds. The van der Waals surface area contributed by atoms with E-state index in [1.807, 2.05) is 0 Å². The maximum absolute atomic E-state index is 10.5. The van der Waals surface area contributed by atoms with Crippen molar-refractivity contribution in [3.63, 3.8) is 0 Å². The zero-order valence-corrected chi connectivity index (χ0v) is 9.41. The topological polar surface area (TPSA) is 86.0 Å². The van der Waals surface area contributed by atoms with Crippen LogP contribution in [-0.2, 0) is 9.47 Å². The lowest BCUT2D eigenvalue weighted by Crippen LogP contribution is -2.09. The minimum atomic E-state index is -0.453. The largest absolute Gasteiger partial charge is 0.494 e. The van der Waals surface area contributed by atoms with Crippen molar-refractivity contribution < 1.29 is 14.4 Å². The summed E-state index contributed by atoms with van der Waals surface area (Å²) in [5, 5.41) is 14.4. The highest BCUT2D eigenvalue weighted by molar-refractivity contribution is 5.76. The zero-order valence-electron chi connectivity index (χ0n) is 9.41. The zero-order chi connectivity index (χ0) is 12.8. The predicted octanol–water partition coefficient (Wildman–Crippen LogP) is 1.88. The molecule has 0 radical (unpaired) electrons. The normalized spacial score (nSPS) is 14.6. The molecule has 0 unspecified atom stereocenters. The minimum absolute atomic E-state index is 0.0382. The summed E-state index contributed by atoms with van der Waals surface area (Å²) in [5.41, 5.74) is 3.41. The number of rotatable bonds is 4. The van der Waals surface area contributed by atoms with E-state index < -0.39 is 4.92 Å². The van der Waals surface area contributed by atoms with E-state index in [2.05, 4.69) is 10.5 Å². The summed E-state index contributed by atoms with van der Waals surface area (Å²) in [6, 6.07) is 5.94. The van der Waals surface area contributed by atoms with Crippen LogP contribution >= 0.6 is 0 Å². The van der Waals surface area contributed by atoms with Gasteiger partial charge in [-0.05, 0) is 12.1 Å². The van der Waals surface area contributed by atoms with Crippen molar-refractivity contribution >= 4 is 17.6 Å². The van der Waals surface area contributed by atoms with Gasteiger partial charge in [-0.3, -0.25) is 15.5 Å². The lowest BCUT2D eigenvalue weighted by molar-refractivity contribution is -0.384. The van der Waals surface area contributed by atoms with Gasteiger partial charge in [-0.2, -0.15) is 5.10 Å². The van der Waals surface area contributed by atoms with Crippen molar-refractivity contribution in [2.24, 2.45) is 5.10 Å². The molecule has 2 rings (SSSR count). The number of benzene rings is 1. The fraction of sp³-hybridized carbons (Fsp3) is 0.182. The summed E-state index contributed by atoms with van der Waals surface area (Å²) in [7, 11) is 0. The van der Waals surface area contributed by atoms with Gasteiger partial charge in [0.05, 0.1) is 16.8 Å². The van der Waals surface area contributed by atoms with Gasteiger partial charge in [-0.15, -0.1) is 0 Å². The molecular weight excluding hydrogens is 238 g/mol. The number of non-ortho nitro benzene ring substituents is 1. The second kappa shape index (κ2) is 5.67. The molecule has 18 heavy (non-hydrogen) atoms. The molecule has 0 saturated heterocycles. The lowest BCUT2D eigenvalue weighted by atomic mass is 10.3. The van der Waals surface area contributed by atoms with E-state index in [4.69, 9.17) is 9.47 Å². The average Bonchev–Trinajstić information content (AvgIpc) is 2.40. The number of nitro groups is 1. The molecule has 7 nitrogen and oxygen atoms in total. The van der Waals surface area contributed by atoms with Gasteiger partial charge in [0.1, 0.15) is 19.5 Å². The van der Waals surface area contributed by atoms with E-state index in [1.165, 1.54) is 24.6 Å². The second-order valence-electron chi connectivity index (χ2n) is 3.41. The fourth-order valence-corrected chi connectivity index (χ4v) is 1.28. The molecule has 0 aliphatic carbocycles. The van der Waals surface area contributed by atoms with Crippen molar-refractivity contribution in [2.45, 2.75) is 0 Å². The predicted molar refractivity (Wildman–Crippen MR) is 65.2 cm³/mol. The number of hydrazone groups is 1. The van der Waals surface area contributed by atoms with E-state index in [-0.39, 0.29) is 5.69 Å². The first kappa shape index (κ1) is 11.9. The number of allylic oxidation sites excluding steroid dienone is 1. The summed E-state index contributed by atoms with van der Waals surface area (Å²) in [6.07, 6.45) is 2.95. The molecular formula is C11H11N3O4. The molecule has 0 spiro atoms. The molecule has 0 aromatic heterocycles. The van der Waals surface area contributed by atoms with E-state index in [0.29, 0.717) is 24.7 Å². The Morgan fingerprint density at radius 3 is 2.72 bits per heavy atom. The Kier molecular flexibility index (Phi) is 3.75. The van der Waals surface area contributed by atoms with Gasteiger partial charge < -0.3 is 9.47 Å². The molecule has 1 aliphatic heterocycles. The highest BCUT2D eigenvalue weighted by atomic mass is 16.6. The quantitative estimate of drug-likeness (QED) is 0.500. The molecule has 1 N–H and O–H groups in total. The fourth-order valence-electron chi connectivity index (χ4n) is 1.28. The van der Waals surface area contributed by atoms with Crippen molar-refractivity contribution in [2.75, 3.05) is 18.6 Å². The molecule has 0 atom stereocenters. The number of hydrogen-bond donors (Lipinski definition) is 1. The van der Waals surface area contributed by atoms with Crippen molar-refractivity contribution in [1.82, 2.24) is 0 Å². The van der Waals surface area contributed by atoms with Gasteiger partial charge >= 0.3 is 0 Å². The number of nitrogens with one attached hydrogen (secondary N) is 1. The number of nitrogens with zero attached hydrogens (tertiary/aromatic N) is 2. The van der Waals surface area contributed by atoms with Gasteiger partial charge in [-0.25, -0.2) is 0 Å². The van der Waals surface area contributed by atoms with Crippen LogP contribution in [0.5, 0.6) is 0 Å². The van der Waals surface area contributed by atoms with Crippen LogP contribution in [0.25, 0.3) is 0 Å².